The predicted molar refractivity (Wildman–Crippen MR) is 143 cm³/mol. The summed E-state index contributed by atoms with van der Waals surface area (Å²) in [6, 6.07) is -2.65. The van der Waals surface area contributed by atoms with Crippen LogP contribution in [-0.4, -0.2) is 103 Å². The van der Waals surface area contributed by atoms with Gasteiger partial charge in [0.1, 0.15) is 12.2 Å². The fourth-order valence-electron chi connectivity index (χ4n) is 2.94. The first-order valence-corrected chi connectivity index (χ1v) is 15.5. The zero-order chi connectivity index (χ0) is 32.5. The molecule has 0 saturated heterocycles. The summed E-state index contributed by atoms with van der Waals surface area (Å²) in [7, 11) is -9.22. The Balaban J connectivity index is 4.41. The van der Waals surface area contributed by atoms with Crippen LogP contribution in [0.5, 0.6) is 0 Å². The highest BCUT2D eigenvalue weighted by atomic mass is 31.2. The van der Waals surface area contributed by atoms with Crippen molar-refractivity contribution in [2.75, 3.05) is 39.5 Å². The fraction of sp³-hybridized carbons (Fsp3) is 0.762. The normalized spacial score (nSPS) is 16.8. The lowest BCUT2D eigenvalue weighted by molar-refractivity contribution is -0.148. The highest BCUT2D eigenvalue weighted by Gasteiger charge is 2.29. The second-order valence-electron chi connectivity index (χ2n) is 8.62. The van der Waals surface area contributed by atoms with Crippen LogP contribution in [-0.2, 0) is 55.9 Å². The van der Waals surface area contributed by atoms with Crippen molar-refractivity contribution >= 4 is 45.4 Å². The number of hydrogen-bond acceptors (Lipinski definition) is 13. The second-order valence-corrected chi connectivity index (χ2v) is 11.5. The third kappa shape index (κ3) is 20.3. The van der Waals surface area contributed by atoms with Crippen LogP contribution in [0.1, 0.15) is 41.5 Å². The Kier molecular flexibility index (Phi) is 18.3. The van der Waals surface area contributed by atoms with Gasteiger partial charge in [-0.05, 0) is 13.8 Å². The van der Waals surface area contributed by atoms with Gasteiger partial charge in [-0.1, -0.05) is 0 Å². The smallest absolute Gasteiger partial charge is 0.461 e. The van der Waals surface area contributed by atoms with E-state index in [0.29, 0.717) is 0 Å². The van der Waals surface area contributed by atoms with Crippen molar-refractivity contribution < 1.29 is 70.5 Å². The van der Waals surface area contributed by atoms with Crippen molar-refractivity contribution in [3.8, 4) is 0 Å². The molecule has 42 heavy (non-hydrogen) atoms. The van der Waals surface area contributed by atoms with Crippen molar-refractivity contribution in [2.45, 2.75) is 65.8 Å². The van der Waals surface area contributed by atoms with Crippen molar-refractivity contribution in [1.82, 2.24) is 21.3 Å². The molecule has 0 fully saturated rings. The molecule has 0 radical (unpaired) electrons. The maximum atomic E-state index is 12.1. The Hall–Kier alpha value is -2.63. The number of hydrogen-bond donors (Lipinski definition) is 6. The standard InChI is InChI=1S/C21H40N4O15P2/c1-13(39-17(5)28)19(24-15(3)26)11-37-41(31,32)35-9-7-22-21(30)23-8-10-36-42(33,34)38-12-20(25-16(4)27)14(2)40-18(6)29/h13-14,19-20H,7-12H2,1-6H3,(H,24,26)(H,25,27)(H,31,32)(H,33,34)(H2,22,23,30). The molecule has 0 heterocycles. The highest BCUT2D eigenvalue weighted by molar-refractivity contribution is 7.47. The third-order valence-electron chi connectivity index (χ3n) is 4.73. The molecule has 0 aliphatic heterocycles. The van der Waals surface area contributed by atoms with Gasteiger partial charge in [-0.2, -0.15) is 0 Å². The lowest BCUT2D eigenvalue weighted by atomic mass is 10.2. The summed E-state index contributed by atoms with van der Waals surface area (Å²) >= 11 is 0. The molecule has 244 valence electrons. The van der Waals surface area contributed by atoms with Crippen LogP contribution in [0.25, 0.3) is 0 Å². The Labute approximate surface area is 242 Å². The van der Waals surface area contributed by atoms with Crippen LogP contribution in [0.15, 0.2) is 0 Å². The Bertz CT molecular complexity index is 938. The van der Waals surface area contributed by atoms with E-state index in [1.807, 2.05) is 0 Å². The summed E-state index contributed by atoms with van der Waals surface area (Å²) in [5, 5.41) is 9.44. The molecule has 6 atom stereocenters. The van der Waals surface area contributed by atoms with E-state index in [0.717, 1.165) is 13.8 Å². The molecule has 0 saturated carbocycles. The maximum absolute atomic E-state index is 12.1. The molecule has 19 nitrogen and oxygen atoms in total. The number of phosphoric acid groups is 2. The number of ether oxygens (including phenoxy) is 2. The van der Waals surface area contributed by atoms with Gasteiger partial charge in [-0.15, -0.1) is 0 Å². The zero-order valence-electron chi connectivity index (χ0n) is 24.1. The second kappa shape index (κ2) is 19.5. The number of rotatable bonds is 20. The number of carbonyl (C=O) groups excluding carboxylic acids is 5. The first-order chi connectivity index (χ1) is 19.3. The molecular formula is C21H40N4O15P2. The number of esters is 2. The molecule has 0 aromatic rings. The van der Waals surface area contributed by atoms with Crippen molar-refractivity contribution in [1.29, 1.82) is 0 Å². The molecule has 6 unspecified atom stereocenters. The van der Waals surface area contributed by atoms with Gasteiger partial charge in [0.25, 0.3) is 0 Å². The minimum atomic E-state index is -4.61. The molecule has 0 aliphatic carbocycles. The van der Waals surface area contributed by atoms with Gasteiger partial charge in [0.2, 0.25) is 11.8 Å². The van der Waals surface area contributed by atoms with Gasteiger partial charge in [0, 0.05) is 40.8 Å². The number of carbonyl (C=O) groups is 5. The van der Waals surface area contributed by atoms with E-state index in [9.17, 15) is 42.9 Å². The van der Waals surface area contributed by atoms with Crippen molar-refractivity contribution in [2.24, 2.45) is 0 Å². The summed E-state index contributed by atoms with van der Waals surface area (Å²) in [5.41, 5.74) is 0. The Morgan fingerprint density at radius 1 is 0.643 bits per heavy atom. The largest absolute Gasteiger partial charge is 0.472 e. The lowest BCUT2D eigenvalue weighted by Crippen LogP contribution is -2.46. The van der Waals surface area contributed by atoms with Crippen LogP contribution in [0.3, 0.4) is 0 Å². The Morgan fingerprint density at radius 2 is 0.976 bits per heavy atom. The SMILES string of the molecule is CC(=O)NC(COP(=O)(O)OCCNC(=O)NCCOP(=O)(O)OCC(NC(C)=O)C(C)OC(C)=O)C(C)OC(C)=O. The predicted octanol–water partition coefficient (Wildman–Crippen LogP) is -0.535. The number of amides is 4. The van der Waals surface area contributed by atoms with E-state index in [2.05, 4.69) is 21.3 Å². The first-order valence-electron chi connectivity index (χ1n) is 12.5. The average Bonchev–Trinajstić information content (AvgIpc) is 2.83. The van der Waals surface area contributed by atoms with E-state index in [4.69, 9.17) is 27.6 Å². The van der Waals surface area contributed by atoms with Crippen molar-refractivity contribution in [3.63, 3.8) is 0 Å². The van der Waals surface area contributed by atoms with Gasteiger partial charge in [-0.3, -0.25) is 37.3 Å². The van der Waals surface area contributed by atoms with Crippen LogP contribution < -0.4 is 21.3 Å². The molecule has 6 N–H and O–H groups in total. The van der Waals surface area contributed by atoms with E-state index in [1.165, 1.54) is 27.7 Å². The summed E-state index contributed by atoms with van der Waals surface area (Å²) in [5.74, 6) is -2.24. The topological polar surface area (TPSA) is 263 Å². The van der Waals surface area contributed by atoms with Crippen LogP contribution >= 0.6 is 15.6 Å². The molecule has 0 aliphatic rings. The van der Waals surface area contributed by atoms with E-state index in [-0.39, 0.29) is 13.1 Å². The van der Waals surface area contributed by atoms with E-state index in [1.54, 1.807) is 0 Å². The summed E-state index contributed by atoms with van der Waals surface area (Å²) in [6.45, 7) is 5.17. The van der Waals surface area contributed by atoms with Crippen LogP contribution in [0.4, 0.5) is 4.79 Å². The molecule has 0 rings (SSSR count). The number of urea groups is 1. The number of nitrogens with one attached hydrogen (secondary N) is 4. The molecule has 0 aromatic heterocycles. The Morgan fingerprint density at radius 3 is 1.26 bits per heavy atom. The lowest BCUT2D eigenvalue weighted by Gasteiger charge is -2.25. The molecule has 4 amide bonds. The maximum Gasteiger partial charge on any atom is 0.472 e. The summed E-state index contributed by atoms with van der Waals surface area (Å²) < 4.78 is 53.2. The van der Waals surface area contributed by atoms with Gasteiger partial charge in [0.15, 0.2) is 0 Å². The number of phosphoric ester groups is 2. The third-order valence-corrected chi connectivity index (χ3v) is 6.70. The molecule has 0 aromatic carbocycles. The summed E-state index contributed by atoms with van der Waals surface area (Å²) in [4.78, 5) is 76.4. The van der Waals surface area contributed by atoms with E-state index >= 15 is 0 Å². The van der Waals surface area contributed by atoms with Gasteiger partial charge in [0.05, 0.1) is 38.5 Å². The van der Waals surface area contributed by atoms with Crippen LogP contribution in [0.2, 0.25) is 0 Å². The van der Waals surface area contributed by atoms with Gasteiger partial charge in [-0.25, -0.2) is 13.9 Å². The van der Waals surface area contributed by atoms with Crippen LogP contribution in [0, 0.1) is 0 Å². The minimum absolute atomic E-state index is 0.244. The monoisotopic (exact) mass is 650 g/mol. The minimum Gasteiger partial charge on any atom is -0.461 e. The molecular weight excluding hydrogens is 610 g/mol. The highest BCUT2D eigenvalue weighted by Crippen LogP contribution is 2.43. The summed E-state index contributed by atoms with van der Waals surface area (Å²) in [6.07, 6.45) is -1.74. The van der Waals surface area contributed by atoms with Gasteiger partial charge < -0.3 is 40.5 Å². The average molecular weight is 651 g/mol. The fourth-order valence-corrected chi connectivity index (χ4v) is 4.43. The quantitative estimate of drug-likeness (QED) is 0.0549. The molecule has 0 spiro atoms. The van der Waals surface area contributed by atoms with E-state index < -0.39 is 96.1 Å². The van der Waals surface area contributed by atoms with Crippen molar-refractivity contribution in [3.05, 3.63) is 0 Å². The molecule has 0 bridgehead atoms. The molecule has 21 heteroatoms. The van der Waals surface area contributed by atoms with Gasteiger partial charge >= 0.3 is 33.6 Å². The zero-order valence-corrected chi connectivity index (χ0v) is 25.9. The first kappa shape index (κ1) is 39.4.